The molecule has 0 saturated carbocycles. The highest BCUT2D eigenvalue weighted by atomic mass is 16.6. The molecule has 0 bridgehead atoms. The highest BCUT2D eigenvalue weighted by Crippen LogP contribution is 2.17. The fourth-order valence-corrected chi connectivity index (χ4v) is 7.92. The molecule has 0 fully saturated rings. The standard InChI is InChI=1S/C52H100O6/c1-4-7-10-13-16-19-21-23-25-26-27-29-30-33-36-39-42-45-51(54)57-48-49(47-56-50(53)44-41-38-35-32-18-15-12-9-6-3)58-52(55)46-43-40-37-34-31-28-24-22-20-17-14-11-8-5-2/h49H,4-48H2,1-3H3/t49-/m1/s1. The summed E-state index contributed by atoms with van der Waals surface area (Å²) in [6.45, 7) is 6.66. The summed E-state index contributed by atoms with van der Waals surface area (Å²) in [4.78, 5) is 37.9. The normalized spacial score (nSPS) is 11.8. The highest BCUT2D eigenvalue weighted by Gasteiger charge is 2.19. The Hall–Kier alpha value is -1.59. The van der Waals surface area contributed by atoms with Crippen LogP contribution in [0.4, 0.5) is 0 Å². The van der Waals surface area contributed by atoms with Crippen molar-refractivity contribution in [1.82, 2.24) is 0 Å². The lowest BCUT2D eigenvalue weighted by atomic mass is 10.0. The Morgan fingerprint density at radius 2 is 0.466 bits per heavy atom. The van der Waals surface area contributed by atoms with Crippen LogP contribution in [0.2, 0.25) is 0 Å². The van der Waals surface area contributed by atoms with E-state index in [2.05, 4.69) is 20.8 Å². The molecule has 0 N–H and O–H groups in total. The second-order valence-corrected chi connectivity index (χ2v) is 17.8. The second-order valence-electron chi connectivity index (χ2n) is 17.8. The predicted octanol–water partition coefficient (Wildman–Crippen LogP) is 16.8. The van der Waals surface area contributed by atoms with Crippen molar-refractivity contribution in [3.63, 3.8) is 0 Å². The number of unbranched alkanes of at least 4 members (excludes halogenated alkanes) is 37. The molecule has 0 amide bonds. The van der Waals surface area contributed by atoms with Crippen molar-refractivity contribution in [2.24, 2.45) is 0 Å². The van der Waals surface area contributed by atoms with Crippen molar-refractivity contribution in [2.75, 3.05) is 13.2 Å². The first-order chi connectivity index (χ1) is 28.5. The number of carbonyl (C=O) groups is 3. The van der Waals surface area contributed by atoms with Gasteiger partial charge in [0.15, 0.2) is 6.10 Å². The Morgan fingerprint density at radius 3 is 0.690 bits per heavy atom. The molecule has 0 aromatic carbocycles. The van der Waals surface area contributed by atoms with Crippen LogP contribution in [0.15, 0.2) is 0 Å². The number of hydrogen-bond donors (Lipinski definition) is 0. The lowest BCUT2D eigenvalue weighted by Gasteiger charge is -2.18. The fourth-order valence-electron chi connectivity index (χ4n) is 7.92. The maximum absolute atomic E-state index is 12.8. The van der Waals surface area contributed by atoms with Gasteiger partial charge in [0.05, 0.1) is 0 Å². The smallest absolute Gasteiger partial charge is 0.306 e. The van der Waals surface area contributed by atoms with Crippen LogP contribution >= 0.6 is 0 Å². The molecule has 0 radical (unpaired) electrons. The predicted molar refractivity (Wildman–Crippen MR) is 247 cm³/mol. The Balaban J connectivity index is 4.24. The van der Waals surface area contributed by atoms with Crippen LogP contribution in [0.1, 0.15) is 297 Å². The summed E-state index contributed by atoms with van der Waals surface area (Å²) >= 11 is 0. The molecule has 0 heterocycles. The molecular weight excluding hydrogens is 721 g/mol. The van der Waals surface area contributed by atoms with E-state index in [1.165, 1.54) is 199 Å². The maximum atomic E-state index is 12.8. The first kappa shape index (κ1) is 56.4. The summed E-state index contributed by atoms with van der Waals surface area (Å²) in [5.74, 6) is -0.844. The van der Waals surface area contributed by atoms with E-state index < -0.39 is 6.10 Å². The van der Waals surface area contributed by atoms with Crippen molar-refractivity contribution >= 4 is 17.9 Å². The van der Waals surface area contributed by atoms with Gasteiger partial charge in [0.25, 0.3) is 0 Å². The SMILES string of the molecule is CCCCCCCCCCCCCCCCCCCC(=O)OC[C@@H](COC(=O)CCCCCCCCCCC)OC(=O)CCCCCCCCCCCCCCCC. The zero-order valence-corrected chi connectivity index (χ0v) is 39.3. The van der Waals surface area contributed by atoms with Gasteiger partial charge in [-0.1, -0.05) is 258 Å². The van der Waals surface area contributed by atoms with Crippen LogP contribution in [0.5, 0.6) is 0 Å². The Kier molecular flexibility index (Phi) is 46.8. The molecule has 0 aliphatic carbocycles. The molecule has 0 spiro atoms. The van der Waals surface area contributed by atoms with Crippen molar-refractivity contribution in [3.8, 4) is 0 Å². The zero-order chi connectivity index (χ0) is 42.3. The molecule has 0 saturated heterocycles. The summed E-state index contributed by atoms with van der Waals surface area (Å²) in [6.07, 6.45) is 50.9. The van der Waals surface area contributed by atoms with Gasteiger partial charge < -0.3 is 14.2 Å². The minimum atomic E-state index is -0.759. The van der Waals surface area contributed by atoms with E-state index in [1.54, 1.807) is 0 Å². The minimum absolute atomic E-state index is 0.0619. The molecular formula is C52H100O6. The molecule has 0 aliphatic rings. The van der Waals surface area contributed by atoms with Crippen molar-refractivity contribution in [1.29, 1.82) is 0 Å². The average molecular weight is 821 g/mol. The van der Waals surface area contributed by atoms with Gasteiger partial charge in [-0.25, -0.2) is 0 Å². The van der Waals surface area contributed by atoms with Crippen LogP contribution in [-0.2, 0) is 28.6 Å². The van der Waals surface area contributed by atoms with Crippen molar-refractivity contribution < 1.29 is 28.6 Å². The number of carbonyl (C=O) groups excluding carboxylic acids is 3. The monoisotopic (exact) mass is 821 g/mol. The van der Waals surface area contributed by atoms with E-state index in [0.717, 1.165) is 57.8 Å². The third kappa shape index (κ3) is 45.5. The van der Waals surface area contributed by atoms with Crippen LogP contribution in [-0.4, -0.2) is 37.2 Å². The van der Waals surface area contributed by atoms with E-state index in [-0.39, 0.29) is 31.1 Å². The fraction of sp³-hybridized carbons (Fsp3) is 0.942. The van der Waals surface area contributed by atoms with Gasteiger partial charge in [0.1, 0.15) is 13.2 Å². The Labute approximate surface area is 361 Å². The molecule has 6 heteroatoms. The third-order valence-corrected chi connectivity index (χ3v) is 11.9. The van der Waals surface area contributed by atoms with Crippen LogP contribution in [0.25, 0.3) is 0 Å². The quantitative estimate of drug-likeness (QED) is 0.0346. The van der Waals surface area contributed by atoms with Gasteiger partial charge in [-0.15, -0.1) is 0 Å². The molecule has 6 nitrogen and oxygen atoms in total. The number of ether oxygens (including phenoxy) is 3. The van der Waals surface area contributed by atoms with Crippen molar-refractivity contribution in [2.45, 2.75) is 303 Å². The van der Waals surface area contributed by atoms with Gasteiger partial charge in [-0.2, -0.15) is 0 Å². The summed E-state index contributed by atoms with van der Waals surface area (Å²) in [5, 5.41) is 0. The zero-order valence-electron chi connectivity index (χ0n) is 39.3. The molecule has 0 aromatic rings. The topological polar surface area (TPSA) is 78.9 Å². The van der Waals surface area contributed by atoms with Crippen LogP contribution < -0.4 is 0 Å². The average Bonchev–Trinajstić information content (AvgIpc) is 3.22. The van der Waals surface area contributed by atoms with Gasteiger partial charge in [-0.3, -0.25) is 14.4 Å². The van der Waals surface area contributed by atoms with E-state index >= 15 is 0 Å². The van der Waals surface area contributed by atoms with Crippen LogP contribution in [0.3, 0.4) is 0 Å². The maximum Gasteiger partial charge on any atom is 0.306 e. The number of rotatable bonds is 48. The lowest BCUT2D eigenvalue weighted by molar-refractivity contribution is -0.167. The largest absolute Gasteiger partial charge is 0.462 e. The second kappa shape index (κ2) is 48.1. The summed E-state index contributed by atoms with van der Waals surface area (Å²) in [5.41, 5.74) is 0. The highest BCUT2D eigenvalue weighted by molar-refractivity contribution is 5.71. The van der Waals surface area contributed by atoms with Crippen LogP contribution in [0, 0.1) is 0 Å². The van der Waals surface area contributed by atoms with E-state index in [0.29, 0.717) is 19.3 Å². The molecule has 344 valence electrons. The third-order valence-electron chi connectivity index (χ3n) is 11.9. The van der Waals surface area contributed by atoms with Crippen molar-refractivity contribution in [3.05, 3.63) is 0 Å². The summed E-state index contributed by atoms with van der Waals surface area (Å²) in [7, 11) is 0. The molecule has 0 unspecified atom stereocenters. The molecule has 58 heavy (non-hydrogen) atoms. The number of esters is 3. The molecule has 1 atom stereocenters. The number of hydrogen-bond acceptors (Lipinski definition) is 6. The van der Waals surface area contributed by atoms with E-state index in [4.69, 9.17) is 14.2 Å². The lowest BCUT2D eigenvalue weighted by Crippen LogP contribution is -2.30. The van der Waals surface area contributed by atoms with Gasteiger partial charge in [0, 0.05) is 19.3 Å². The first-order valence-corrected chi connectivity index (χ1v) is 26.0. The summed E-state index contributed by atoms with van der Waals surface area (Å²) < 4.78 is 16.8. The molecule has 0 rings (SSSR count). The van der Waals surface area contributed by atoms with Gasteiger partial charge >= 0.3 is 17.9 Å². The van der Waals surface area contributed by atoms with E-state index in [1.807, 2.05) is 0 Å². The van der Waals surface area contributed by atoms with E-state index in [9.17, 15) is 14.4 Å². The van der Waals surface area contributed by atoms with Gasteiger partial charge in [0.2, 0.25) is 0 Å². The Morgan fingerprint density at radius 1 is 0.276 bits per heavy atom. The molecule has 0 aliphatic heterocycles. The Bertz CT molecular complexity index is 859. The summed E-state index contributed by atoms with van der Waals surface area (Å²) in [6, 6.07) is 0. The molecule has 0 aromatic heterocycles. The first-order valence-electron chi connectivity index (χ1n) is 26.0. The van der Waals surface area contributed by atoms with Gasteiger partial charge in [-0.05, 0) is 19.3 Å². The minimum Gasteiger partial charge on any atom is -0.462 e.